The largest absolute Gasteiger partial charge is 0.416 e. The number of fused-ring (bicyclic) bond motifs is 3. The van der Waals surface area contributed by atoms with E-state index < -0.39 is 11.7 Å². The highest BCUT2D eigenvalue weighted by Crippen LogP contribution is 2.44. The normalized spacial score (nSPS) is 11.5. The van der Waals surface area contributed by atoms with Crippen LogP contribution in [0, 0.1) is 18.3 Å². The van der Waals surface area contributed by atoms with Crippen molar-refractivity contribution in [3.8, 4) is 79.6 Å². The van der Waals surface area contributed by atoms with Gasteiger partial charge in [0.2, 0.25) is 0 Å². The van der Waals surface area contributed by atoms with Crippen LogP contribution in [0.1, 0.15) is 16.7 Å². The van der Waals surface area contributed by atoms with Crippen molar-refractivity contribution in [2.24, 2.45) is 0 Å². The smallest absolute Gasteiger partial charge is 0.308 e. The molecule has 296 valence electrons. The van der Waals surface area contributed by atoms with Crippen LogP contribution in [0.25, 0.3) is 95.3 Å². The SMILES string of the molecule is Cc1ccc2c(c1)c1cc(C(F)(F)F)ccc1n2-c1c(-c2cc(-c3ccccc3)nc(-c3ccccc3)n2)cc(C#N)cc1-c1cc(-c2ccccc2)nc(-c2ccccc2)n1. The van der Waals surface area contributed by atoms with E-state index in [1.165, 1.54) is 12.1 Å². The molecule has 10 aromatic rings. The molecule has 0 N–H and O–H groups in total. The Morgan fingerprint density at radius 1 is 0.468 bits per heavy atom. The Balaban J connectivity index is 1.37. The minimum Gasteiger partial charge on any atom is -0.308 e. The topological polar surface area (TPSA) is 80.3 Å². The first kappa shape index (κ1) is 38.0. The Morgan fingerprint density at radius 2 is 0.887 bits per heavy atom. The fraction of sp³-hybridized carbons (Fsp3) is 0.0377. The van der Waals surface area contributed by atoms with Gasteiger partial charge in [-0.3, -0.25) is 0 Å². The molecular formula is C53H33F3N6. The summed E-state index contributed by atoms with van der Waals surface area (Å²) in [6, 6.07) is 58.3. The van der Waals surface area contributed by atoms with Gasteiger partial charge in [0.15, 0.2) is 11.6 Å². The molecule has 10 rings (SSSR count). The minimum absolute atomic E-state index is 0.331. The number of benzene rings is 7. The highest BCUT2D eigenvalue weighted by molar-refractivity contribution is 6.11. The van der Waals surface area contributed by atoms with Gasteiger partial charge >= 0.3 is 6.18 Å². The predicted octanol–water partition coefficient (Wildman–Crippen LogP) is 13.6. The van der Waals surface area contributed by atoms with Crippen LogP contribution in [0.2, 0.25) is 0 Å². The Kier molecular flexibility index (Phi) is 9.46. The van der Waals surface area contributed by atoms with Crippen molar-refractivity contribution in [2.75, 3.05) is 0 Å². The van der Waals surface area contributed by atoms with Gasteiger partial charge in [0.1, 0.15) is 0 Å². The van der Waals surface area contributed by atoms with Crippen molar-refractivity contribution in [3.05, 3.63) is 199 Å². The lowest BCUT2D eigenvalue weighted by atomic mass is 9.95. The molecule has 0 unspecified atom stereocenters. The lowest BCUT2D eigenvalue weighted by Gasteiger charge is -2.20. The third-order valence-electron chi connectivity index (χ3n) is 10.9. The fourth-order valence-electron chi connectivity index (χ4n) is 8.00. The summed E-state index contributed by atoms with van der Waals surface area (Å²) < 4.78 is 45.3. The molecule has 0 saturated carbocycles. The summed E-state index contributed by atoms with van der Waals surface area (Å²) in [5, 5.41) is 11.9. The fourth-order valence-corrected chi connectivity index (χ4v) is 8.00. The Labute approximate surface area is 354 Å². The molecule has 0 aliphatic heterocycles. The molecule has 0 aliphatic carbocycles. The number of hydrogen-bond acceptors (Lipinski definition) is 5. The highest BCUT2D eigenvalue weighted by atomic mass is 19.4. The van der Waals surface area contributed by atoms with Crippen molar-refractivity contribution in [1.29, 1.82) is 5.26 Å². The van der Waals surface area contributed by atoms with E-state index in [4.69, 9.17) is 19.9 Å². The van der Waals surface area contributed by atoms with Crippen LogP contribution in [0.4, 0.5) is 13.2 Å². The number of halogens is 3. The summed E-state index contributed by atoms with van der Waals surface area (Å²) in [6.07, 6.45) is -4.57. The second-order valence-electron chi connectivity index (χ2n) is 15.0. The van der Waals surface area contributed by atoms with Crippen LogP contribution < -0.4 is 0 Å². The quantitative estimate of drug-likeness (QED) is 0.160. The summed E-state index contributed by atoms with van der Waals surface area (Å²) >= 11 is 0. The Bertz CT molecular complexity index is 3080. The van der Waals surface area contributed by atoms with Crippen LogP contribution >= 0.6 is 0 Å². The van der Waals surface area contributed by atoms with Crippen LogP contribution in [-0.4, -0.2) is 24.5 Å². The average Bonchev–Trinajstić information content (AvgIpc) is 3.64. The molecule has 0 saturated heterocycles. The van der Waals surface area contributed by atoms with Gasteiger partial charge < -0.3 is 4.57 Å². The Hall–Kier alpha value is -8.22. The summed E-state index contributed by atoms with van der Waals surface area (Å²) in [5.41, 5.74) is 8.92. The second-order valence-corrected chi connectivity index (χ2v) is 15.0. The van der Waals surface area contributed by atoms with Crippen molar-refractivity contribution < 1.29 is 13.2 Å². The zero-order valence-corrected chi connectivity index (χ0v) is 33.1. The van der Waals surface area contributed by atoms with Crippen molar-refractivity contribution in [2.45, 2.75) is 13.1 Å². The van der Waals surface area contributed by atoms with Gasteiger partial charge in [-0.1, -0.05) is 133 Å². The second kappa shape index (κ2) is 15.4. The first-order valence-electron chi connectivity index (χ1n) is 19.9. The van der Waals surface area contributed by atoms with E-state index >= 15 is 0 Å². The number of nitriles is 1. The molecule has 62 heavy (non-hydrogen) atoms. The summed E-state index contributed by atoms with van der Waals surface area (Å²) in [5.74, 6) is 0.925. The van der Waals surface area contributed by atoms with E-state index in [9.17, 15) is 18.4 Å². The third-order valence-corrected chi connectivity index (χ3v) is 10.9. The number of aromatic nitrogens is 5. The minimum atomic E-state index is -4.57. The molecule has 6 nitrogen and oxygen atoms in total. The number of nitrogens with zero attached hydrogens (tertiary/aromatic N) is 6. The molecule has 0 aliphatic rings. The molecular weight excluding hydrogens is 778 g/mol. The molecule has 9 heteroatoms. The Morgan fingerprint density at radius 3 is 1.34 bits per heavy atom. The molecule has 0 amide bonds. The summed E-state index contributed by atoms with van der Waals surface area (Å²) in [6.45, 7) is 1.92. The molecule has 0 radical (unpaired) electrons. The molecule has 3 aromatic heterocycles. The molecule has 0 spiro atoms. The van der Waals surface area contributed by atoms with Gasteiger partial charge in [-0.25, -0.2) is 19.9 Å². The van der Waals surface area contributed by atoms with E-state index in [1.807, 2.05) is 163 Å². The van der Waals surface area contributed by atoms with Crippen molar-refractivity contribution in [3.63, 3.8) is 0 Å². The molecule has 0 bridgehead atoms. The van der Waals surface area contributed by atoms with Gasteiger partial charge in [0.05, 0.1) is 56.7 Å². The lowest BCUT2D eigenvalue weighted by molar-refractivity contribution is -0.137. The van der Waals surface area contributed by atoms with Gasteiger partial charge in [-0.2, -0.15) is 18.4 Å². The number of hydrogen-bond donors (Lipinski definition) is 0. The van der Waals surface area contributed by atoms with Crippen LogP contribution in [0.5, 0.6) is 0 Å². The highest BCUT2D eigenvalue weighted by Gasteiger charge is 2.32. The summed E-state index contributed by atoms with van der Waals surface area (Å²) in [4.78, 5) is 20.5. The van der Waals surface area contributed by atoms with Gasteiger partial charge in [-0.15, -0.1) is 0 Å². The van der Waals surface area contributed by atoms with E-state index in [-0.39, 0.29) is 0 Å². The molecule has 0 atom stereocenters. The lowest BCUT2D eigenvalue weighted by Crippen LogP contribution is -2.06. The van der Waals surface area contributed by atoms with Crippen molar-refractivity contribution >= 4 is 21.8 Å². The summed E-state index contributed by atoms with van der Waals surface area (Å²) in [7, 11) is 0. The average molecular weight is 811 g/mol. The maximum absolute atomic E-state index is 14.4. The van der Waals surface area contributed by atoms with E-state index in [0.29, 0.717) is 78.6 Å². The maximum atomic E-state index is 14.4. The van der Waals surface area contributed by atoms with E-state index in [1.54, 1.807) is 12.1 Å². The zero-order chi connectivity index (χ0) is 42.4. The maximum Gasteiger partial charge on any atom is 0.416 e. The third kappa shape index (κ3) is 7.03. The van der Waals surface area contributed by atoms with E-state index in [2.05, 4.69) is 6.07 Å². The zero-order valence-electron chi connectivity index (χ0n) is 33.1. The van der Waals surface area contributed by atoms with Crippen LogP contribution in [0.3, 0.4) is 0 Å². The number of alkyl halides is 3. The molecule has 3 heterocycles. The van der Waals surface area contributed by atoms with Gasteiger partial charge in [0, 0.05) is 44.2 Å². The monoisotopic (exact) mass is 810 g/mol. The molecule has 7 aromatic carbocycles. The van der Waals surface area contributed by atoms with Crippen LogP contribution in [-0.2, 0) is 6.18 Å². The number of rotatable bonds is 7. The van der Waals surface area contributed by atoms with Crippen LogP contribution in [0.15, 0.2) is 182 Å². The van der Waals surface area contributed by atoms with Gasteiger partial charge in [0.25, 0.3) is 0 Å². The first-order valence-corrected chi connectivity index (χ1v) is 19.9. The number of aryl methyl sites for hydroxylation is 1. The molecule has 0 fully saturated rings. The van der Waals surface area contributed by atoms with Gasteiger partial charge in [-0.05, 0) is 61.5 Å². The van der Waals surface area contributed by atoms with E-state index in [0.717, 1.165) is 33.9 Å². The predicted molar refractivity (Wildman–Crippen MR) is 239 cm³/mol. The first-order chi connectivity index (χ1) is 30.2. The van der Waals surface area contributed by atoms with Crippen molar-refractivity contribution in [1.82, 2.24) is 24.5 Å². The standard InChI is InChI=1S/C53H33F3N6/c1-33-22-24-48-40(26-33)41-29-39(53(54,55)56)23-25-49(41)62(48)50-42(46-30-44(35-14-6-2-7-15-35)58-51(60-46)37-18-10-4-11-19-37)27-34(32-57)28-43(50)47-31-45(36-16-8-3-9-17-36)59-52(61-47)38-20-12-5-13-21-38/h2-31H,1H3.